The predicted octanol–water partition coefficient (Wildman–Crippen LogP) is 4.74. The maximum atomic E-state index is 13.3. The Kier molecular flexibility index (Phi) is 10.1. The summed E-state index contributed by atoms with van der Waals surface area (Å²) < 4.78 is 32.2. The van der Waals surface area contributed by atoms with E-state index >= 15 is 0 Å². The van der Waals surface area contributed by atoms with Crippen LogP contribution in [0.1, 0.15) is 17.5 Å². The first-order chi connectivity index (χ1) is 18.7. The minimum Gasteiger partial charge on any atom is -0.376 e. The summed E-state index contributed by atoms with van der Waals surface area (Å²) in [5, 5.41) is 4.47. The van der Waals surface area contributed by atoms with Crippen LogP contribution in [-0.2, 0) is 32.7 Å². The number of sulfonamides is 1. The number of rotatable bonds is 11. The number of benzene rings is 3. The molecule has 0 spiro atoms. The summed E-state index contributed by atoms with van der Waals surface area (Å²) in [6, 6.07) is 22.6. The molecule has 208 valence electrons. The molecule has 11 heteroatoms. The van der Waals surface area contributed by atoms with E-state index in [0.717, 1.165) is 23.1 Å². The summed E-state index contributed by atoms with van der Waals surface area (Å²) >= 11 is 12.0. The van der Waals surface area contributed by atoms with Gasteiger partial charge < -0.3 is 14.5 Å². The van der Waals surface area contributed by atoms with Crippen LogP contribution in [0.4, 0.5) is 11.4 Å². The van der Waals surface area contributed by atoms with E-state index in [-0.39, 0.29) is 25.1 Å². The van der Waals surface area contributed by atoms with Crippen molar-refractivity contribution >= 4 is 50.5 Å². The molecule has 1 atom stereocenters. The Morgan fingerprint density at radius 3 is 2.46 bits per heavy atom. The van der Waals surface area contributed by atoms with Crippen LogP contribution in [-0.4, -0.2) is 57.9 Å². The van der Waals surface area contributed by atoms with Gasteiger partial charge in [-0.15, -0.1) is 0 Å². The number of para-hydroxylation sites is 2. The average molecular weight is 592 g/mol. The highest BCUT2D eigenvalue weighted by Crippen LogP contribution is 2.28. The Balaban J connectivity index is 1.42. The third-order valence-electron chi connectivity index (χ3n) is 6.34. The highest BCUT2D eigenvalue weighted by molar-refractivity contribution is 7.92. The van der Waals surface area contributed by atoms with Crippen molar-refractivity contribution in [2.75, 3.05) is 42.1 Å². The number of anilines is 2. The lowest BCUT2D eigenvalue weighted by molar-refractivity contribution is -0.136. The van der Waals surface area contributed by atoms with E-state index in [4.69, 9.17) is 27.9 Å². The van der Waals surface area contributed by atoms with Gasteiger partial charge in [0, 0.05) is 19.6 Å². The van der Waals surface area contributed by atoms with E-state index in [9.17, 15) is 13.2 Å². The number of ether oxygens (including phenoxy) is 1. The highest BCUT2D eigenvalue weighted by Gasteiger charge is 2.31. The van der Waals surface area contributed by atoms with Crippen molar-refractivity contribution in [2.24, 2.45) is 0 Å². The SMILES string of the molecule is CS(=O)(=O)Nc1ccccc1N1CCN(C(=O)CCOCc2ccc(Cl)c(Cl)c2)C(NCc2ccccc2)C1. The van der Waals surface area contributed by atoms with Gasteiger partial charge in [0.05, 0.1) is 53.9 Å². The van der Waals surface area contributed by atoms with E-state index in [1.165, 1.54) is 0 Å². The summed E-state index contributed by atoms with van der Waals surface area (Å²) in [6.07, 6.45) is 1.08. The quantitative estimate of drug-likeness (QED) is 0.314. The molecule has 2 N–H and O–H groups in total. The topological polar surface area (TPSA) is 91.0 Å². The van der Waals surface area contributed by atoms with Gasteiger partial charge in [0.15, 0.2) is 0 Å². The lowest BCUT2D eigenvalue weighted by Crippen LogP contribution is -2.60. The lowest BCUT2D eigenvalue weighted by atomic mass is 10.1. The zero-order valence-electron chi connectivity index (χ0n) is 21.6. The first-order valence-electron chi connectivity index (χ1n) is 12.6. The third-order valence-corrected chi connectivity index (χ3v) is 7.67. The fraction of sp³-hybridized carbons (Fsp3) is 0.321. The van der Waals surface area contributed by atoms with Gasteiger partial charge in [-0.3, -0.25) is 14.8 Å². The van der Waals surface area contributed by atoms with E-state index in [0.29, 0.717) is 48.5 Å². The van der Waals surface area contributed by atoms with E-state index in [1.807, 2.05) is 53.4 Å². The zero-order valence-corrected chi connectivity index (χ0v) is 24.0. The number of carbonyl (C=O) groups excluding carboxylic acids is 1. The smallest absolute Gasteiger partial charge is 0.229 e. The van der Waals surface area contributed by atoms with Crippen molar-refractivity contribution in [1.82, 2.24) is 10.2 Å². The maximum Gasteiger partial charge on any atom is 0.229 e. The van der Waals surface area contributed by atoms with E-state index in [1.54, 1.807) is 24.3 Å². The minimum atomic E-state index is -3.44. The van der Waals surface area contributed by atoms with Crippen molar-refractivity contribution in [3.05, 3.63) is 94.0 Å². The van der Waals surface area contributed by atoms with Crippen molar-refractivity contribution in [1.29, 1.82) is 0 Å². The molecule has 1 unspecified atom stereocenters. The van der Waals surface area contributed by atoms with Crippen molar-refractivity contribution in [2.45, 2.75) is 25.7 Å². The van der Waals surface area contributed by atoms with Gasteiger partial charge in [-0.05, 0) is 35.4 Å². The normalized spacial score (nSPS) is 15.8. The second-order valence-corrected chi connectivity index (χ2v) is 11.9. The van der Waals surface area contributed by atoms with Gasteiger partial charge >= 0.3 is 0 Å². The molecule has 0 aromatic heterocycles. The molecule has 0 bridgehead atoms. The first kappa shape index (κ1) is 29.2. The Labute approximate surface area is 239 Å². The molecule has 39 heavy (non-hydrogen) atoms. The number of hydrogen-bond acceptors (Lipinski definition) is 6. The second kappa shape index (κ2) is 13.5. The van der Waals surface area contributed by atoms with Crippen LogP contribution in [0.25, 0.3) is 0 Å². The molecular weight excluding hydrogens is 559 g/mol. The number of piperazine rings is 1. The molecule has 0 aliphatic carbocycles. The van der Waals surface area contributed by atoms with Crippen molar-refractivity contribution in [3.63, 3.8) is 0 Å². The molecule has 0 saturated carbocycles. The molecule has 1 fully saturated rings. The summed E-state index contributed by atoms with van der Waals surface area (Å²) in [5.41, 5.74) is 3.27. The van der Waals surface area contributed by atoms with Gasteiger partial charge in [0.2, 0.25) is 15.9 Å². The summed E-state index contributed by atoms with van der Waals surface area (Å²) in [5.74, 6) is -0.0168. The number of carbonyl (C=O) groups is 1. The molecule has 0 radical (unpaired) electrons. The van der Waals surface area contributed by atoms with Crippen LogP contribution in [0.2, 0.25) is 10.0 Å². The number of hydrogen-bond donors (Lipinski definition) is 2. The lowest BCUT2D eigenvalue weighted by Gasteiger charge is -2.43. The Morgan fingerprint density at radius 1 is 0.974 bits per heavy atom. The molecule has 3 aromatic carbocycles. The molecule has 1 amide bonds. The van der Waals surface area contributed by atoms with Crippen LogP contribution in [0.15, 0.2) is 72.8 Å². The molecule has 8 nitrogen and oxygen atoms in total. The van der Waals surface area contributed by atoms with Gasteiger partial charge in [0.25, 0.3) is 0 Å². The Morgan fingerprint density at radius 2 is 1.72 bits per heavy atom. The summed E-state index contributed by atoms with van der Waals surface area (Å²) in [7, 11) is -3.44. The zero-order chi connectivity index (χ0) is 27.8. The number of amides is 1. The van der Waals surface area contributed by atoms with Crippen molar-refractivity contribution in [3.8, 4) is 0 Å². The first-order valence-corrected chi connectivity index (χ1v) is 15.2. The van der Waals surface area contributed by atoms with Gasteiger partial charge in [-0.2, -0.15) is 0 Å². The average Bonchev–Trinajstić information content (AvgIpc) is 2.91. The second-order valence-electron chi connectivity index (χ2n) is 9.36. The largest absolute Gasteiger partial charge is 0.376 e. The van der Waals surface area contributed by atoms with Gasteiger partial charge in [-0.1, -0.05) is 71.7 Å². The fourth-order valence-corrected chi connectivity index (χ4v) is 5.36. The standard InChI is InChI=1S/C28H32Cl2N4O4S/c1-39(36,37)32-25-9-5-6-10-26(25)33-14-15-34(27(19-33)31-18-21-7-3-2-4-8-21)28(35)13-16-38-20-22-11-12-23(29)24(30)17-22/h2-12,17,27,31-32H,13-16,18-20H2,1H3. The van der Waals surface area contributed by atoms with Crippen LogP contribution in [0.5, 0.6) is 0 Å². The maximum absolute atomic E-state index is 13.3. The van der Waals surface area contributed by atoms with Crippen LogP contribution in [0, 0.1) is 0 Å². The Bertz CT molecular complexity index is 1370. The van der Waals surface area contributed by atoms with Crippen LogP contribution in [0.3, 0.4) is 0 Å². The summed E-state index contributed by atoms with van der Waals surface area (Å²) in [4.78, 5) is 17.2. The van der Waals surface area contributed by atoms with Crippen LogP contribution < -0.4 is 14.9 Å². The molecule has 1 saturated heterocycles. The Hall–Kier alpha value is -2.82. The van der Waals surface area contributed by atoms with Crippen molar-refractivity contribution < 1.29 is 17.9 Å². The van der Waals surface area contributed by atoms with E-state index < -0.39 is 10.0 Å². The van der Waals surface area contributed by atoms with Crippen LogP contribution >= 0.6 is 23.2 Å². The number of halogens is 2. The van der Waals surface area contributed by atoms with E-state index in [2.05, 4.69) is 14.9 Å². The predicted molar refractivity (Wildman–Crippen MR) is 157 cm³/mol. The molecule has 1 aliphatic heterocycles. The van der Waals surface area contributed by atoms with Gasteiger partial charge in [0.1, 0.15) is 6.17 Å². The number of nitrogens with one attached hydrogen (secondary N) is 2. The summed E-state index contributed by atoms with van der Waals surface area (Å²) in [6.45, 7) is 2.71. The number of nitrogens with zero attached hydrogens (tertiary/aromatic N) is 2. The molecule has 3 aromatic rings. The molecule has 4 rings (SSSR count). The van der Waals surface area contributed by atoms with Gasteiger partial charge in [-0.25, -0.2) is 8.42 Å². The molecule has 1 heterocycles. The monoisotopic (exact) mass is 590 g/mol. The third kappa shape index (κ3) is 8.58. The molecule has 1 aliphatic rings. The highest BCUT2D eigenvalue weighted by atomic mass is 35.5. The minimum absolute atomic E-state index is 0.0168. The molecular formula is C28H32Cl2N4O4S. The fourth-order valence-electron chi connectivity index (χ4n) is 4.46.